The van der Waals surface area contributed by atoms with Crippen molar-refractivity contribution in [3.8, 4) is 5.75 Å². The first-order valence-corrected chi connectivity index (χ1v) is 5.67. The molecule has 1 aromatic rings. The highest BCUT2D eigenvalue weighted by Crippen LogP contribution is 2.13. The Kier molecular flexibility index (Phi) is 3.65. The fourth-order valence-corrected chi connectivity index (χ4v) is 1.72. The fourth-order valence-electron chi connectivity index (χ4n) is 1.72. The summed E-state index contributed by atoms with van der Waals surface area (Å²) in [5.74, 6) is 0.564. The van der Waals surface area contributed by atoms with E-state index in [0.29, 0.717) is 11.4 Å². The Morgan fingerprint density at radius 1 is 1.29 bits per heavy atom. The van der Waals surface area contributed by atoms with Crippen molar-refractivity contribution in [2.45, 2.75) is 18.9 Å². The van der Waals surface area contributed by atoms with Crippen LogP contribution in [-0.4, -0.2) is 18.6 Å². The molecule has 0 spiro atoms. The van der Waals surface area contributed by atoms with Gasteiger partial charge in [0.25, 0.3) is 5.91 Å². The van der Waals surface area contributed by atoms with Crippen LogP contribution in [0.4, 0.5) is 5.69 Å². The maximum absolute atomic E-state index is 11.6. The van der Waals surface area contributed by atoms with Crippen molar-refractivity contribution in [3.63, 3.8) is 0 Å². The summed E-state index contributed by atoms with van der Waals surface area (Å²) in [6, 6.07) is 7.22. The van der Waals surface area contributed by atoms with E-state index in [9.17, 15) is 4.79 Å². The Bertz CT molecular complexity index is 404. The first kappa shape index (κ1) is 11.5. The van der Waals surface area contributed by atoms with Crippen LogP contribution in [0, 0.1) is 0 Å². The van der Waals surface area contributed by atoms with Crippen molar-refractivity contribution in [3.05, 3.63) is 36.4 Å². The molecule has 17 heavy (non-hydrogen) atoms. The monoisotopic (exact) mass is 232 g/mol. The zero-order valence-electron chi connectivity index (χ0n) is 9.56. The van der Waals surface area contributed by atoms with E-state index in [0.717, 1.165) is 12.8 Å². The SMILES string of the molecule is Nc1ccc(OCC(=O)NC2CC=CC2)cc1. The second-order valence-corrected chi connectivity index (χ2v) is 4.06. The second kappa shape index (κ2) is 5.39. The van der Waals surface area contributed by atoms with Gasteiger partial charge in [0, 0.05) is 11.7 Å². The molecule has 1 amide bonds. The van der Waals surface area contributed by atoms with Crippen LogP contribution in [0.3, 0.4) is 0 Å². The lowest BCUT2D eigenvalue weighted by Gasteiger charge is -2.12. The van der Waals surface area contributed by atoms with Gasteiger partial charge >= 0.3 is 0 Å². The largest absolute Gasteiger partial charge is 0.484 e. The molecule has 3 N–H and O–H groups in total. The van der Waals surface area contributed by atoms with Gasteiger partial charge in [0.2, 0.25) is 0 Å². The molecule has 1 aliphatic rings. The van der Waals surface area contributed by atoms with Crippen molar-refractivity contribution in [2.24, 2.45) is 0 Å². The highest BCUT2D eigenvalue weighted by atomic mass is 16.5. The number of benzene rings is 1. The molecular weight excluding hydrogens is 216 g/mol. The Balaban J connectivity index is 1.74. The number of hydrogen-bond donors (Lipinski definition) is 2. The third-order valence-electron chi connectivity index (χ3n) is 2.62. The number of nitrogens with two attached hydrogens (primary N) is 1. The van der Waals surface area contributed by atoms with Crippen LogP contribution in [0.15, 0.2) is 36.4 Å². The average Bonchev–Trinajstić information content (AvgIpc) is 2.81. The molecule has 0 unspecified atom stereocenters. The molecule has 0 heterocycles. The molecule has 0 bridgehead atoms. The summed E-state index contributed by atoms with van der Waals surface area (Å²) in [5, 5.41) is 2.91. The maximum Gasteiger partial charge on any atom is 0.258 e. The van der Waals surface area contributed by atoms with Gasteiger partial charge in [0.1, 0.15) is 5.75 Å². The predicted molar refractivity (Wildman–Crippen MR) is 66.7 cm³/mol. The quantitative estimate of drug-likeness (QED) is 0.610. The van der Waals surface area contributed by atoms with Gasteiger partial charge in [-0.2, -0.15) is 0 Å². The summed E-state index contributed by atoms with van der Waals surface area (Å²) in [6.07, 6.45) is 5.97. The van der Waals surface area contributed by atoms with Gasteiger partial charge in [-0.1, -0.05) is 12.2 Å². The third kappa shape index (κ3) is 3.52. The number of amides is 1. The highest BCUT2D eigenvalue weighted by Gasteiger charge is 2.13. The Labute approximate surface area is 100 Å². The molecule has 2 rings (SSSR count). The standard InChI is InChI=1S/C13H16N2O2/c14-10-5-7-12(8-6-10)17-9-13(16)15-11-3-1-2-4-11/h1-2,5-8,11H,3-4,9,14H2,(H,15,16). The smallest absolute Gasteiger partial charge is 0.258 e. The molecule has 1 aromatic carbocycles. The lowest BCUT2D eigenvalue weighted by molar-refractivity contribution is -0.123. The number of hydrogen-bond acceptors (Lipinski definition) is 3. The number of ether oxygens (including phenoxy) is 1. The lowest BCUT2D eigenvalue weighted by Crippen LogP contribution is -2.36. The molecule has 4 nitrogen and oxygen atoms in total. The minimum absolute atomic E-state index is 0.0421. The van der Waals surface area contributed by atoms with Crippen LogP contribution in [0.2, 0.25) is 0 Å². The molecule has 90 valence electrons. The summed E-state index contributed by atoms with van der Waals surface area (Å²) < 4.78 is 5.35. The molecule has 1 aliphatic carbocycles. The van der Waals surface area contributed by atoms with Crippen LogP contribution in [0.1, 0.15) is 12.8 Å². The number of nitrogens with one attached hydrogen (secondary N) is 1. The van der Waals surface area contributed by atoms with Crippen LogP contribution < -0.4 is 15.8 Å². The van der Waals surface area contributed by atoms with E-state index >= 15 is 0 Å². The van der Waals surface area contributed by atoms with E-state index in [1.54, 1.807) is 24.3 Å². The van der Waals surface area contributed by atoms with E-state index in [2.05, 4.69) is 17.5 Å². The molecule has 0 aromatic heterocycles. The van der Waals surface area contributed by atoms with E-state index in [4.69, 9.17) is 10.5 Å². The Morgan fingerprint density at radius 3 is 2.59 bits per heavy atom. The summed E-state index contributed by atoms with van der Waals surface area (Å²) in [6.45, 7) is 0.0421. The number of nitrogen functional groups attached to an aromatic ring is 1. The molecule has 4 heteroatoms. The summed E-state index contributed by atoms with van der Waals surface area (Å²) in [5.41, 5.74) is 6.23. The number of carbonyl (C=O) groups excluding carboxylic acids is 1. The molecule has 0 saturated carbocycles. The normalized spacial score (nSPS) is 14.8. The molecule has 0 fully saturated rings. The maximum atomic E-state index is 11.6. The minimum atomic E-state index is -0.0875. The van der Waals surface area contributed by atoms with Crippen LogP contribution in [0.5, 0.6) is 5.75 Å². The molecule has 0 saturated heterocycles. The van der Waals surface area contributed by atoms with E-state index in [1.165, 1.54) is 0 Å². The molecular formula is C13H16N2O2. The minimum Gasteiger partial charge on any atom is -0.484 e. The zero-order valence-corrected chi connectivity index (χ0v) is 9.56. The van der Waals surface area contributed by atoms with Crippen molar-refractivity contribution in [1.29, 1.82) is 0 Å². The Hall–Kier alpha value is -1.97. The second-order valence-electron chi connectivity index (χ2n) is 4.06. The van der Waals surface area contributed by atoms with Crippen molar-refractivity contribution in [1.82, 2.24) is 5.32 Å². The summed E-state index contributed by atoms with van der Waals surface area (Å²) in [4.78, 5) is 11.6. The van der Waals surface area contributed by atoms with Crippen molar-refractivity contribution >= 4 is 11.6 Å². The van der Waals surface area contributed by atoms with E-state index in [-0.39, 0.29) is 18.6 Å². The van der Waals surface area contributed by atoms with Gasteiger partial charge in [-0.15, -0.1) is 0 Å². The summed E-state index contributed by atoms with van der Waals surface area (Å²) in [7, 11) is 0. The summed E-state index contributed by atoms with van der Waals surface area (Å²) >= 11 is 0. The topological polar surface area (TPSA) is 64.3 Å². The number of carbonyl (C=O) groups is 1. The van der Waals surface area contributed by atoms with Crippen molar-refractivity contribution in [2.75, 3.05) is 12.3 Å². The number of anilines is 1. The predicted octanol–water partition coefficient (Wildman–Crippen LogP) is 1.48. The van der Waals surface area contributed by atoms with Gasteiger partial charge in [0.15, 0.2) is 6.61 Å². The molecule has 0 aliphatic heterocycles. The first-order chi connectivity index (χ1) is 8.24. The van der Waals surface area contributed by atoms with Gasteiger partial charge in [-0.05, 0) is 37.1 Å². The highest BCUT2D eigenvalue weighted by molar-refractivity contribution is 5.78. The van der Waals surface area contributed by atoms with Crippen molar-refractivity contribution < 1.29 is 9.53 Å². The first-order valence-electron chi connectivity index (χ1n) is 5.67. The van der Waals surface area contributed by atoms with Crippen LogP contribution >= 0.6 is 0 Å². The van der Waals surface area contributed by atoms with Gasteiger partial charge < -0.3 is 15.8 Å². The van der Waals surface area contributed by atoms with Crippen LogP contribution in [-0.2, 0) is 4.79 Å². The zero-order chi connectivity index (χ0) is 12.1. The fraction of sp³-hybridized carbons (Fsp3) is 0.308. The van der Waals surface area contributed by atoms with Gasteiger partial charge in [-0.3, -0.25) is 4.79 Å². The lowest BCUT2D eigenvalue weighted by atomic mass is 10.2. The van der Waals surface area contributed by atoms with Gasteiger partial charge in [0.05, 0.1) is 0 Å². The third-order valence-corrected chi connectivity index (χ3v) is 2.62. The average molecular weight is 232 g/mol. The number of rotatable bonds is 4. The van der Waals surface area contributed by atoms with Gasteiger partial charge in [-0.25, -0.2) is 0 Å². The van der Waals surface area contributed by atoms with Crippen LogP contribution in [0.25, 0.3) is 0 Å². The molecule has 0 atom stereocenters. The van der Waals surface area contributed by atoms with E-state index < -0.39 is 0 Å². The molecule has 0 radical (unpaired) electrons. The van der Waals surface area contributed by atoms with E-state index in [1.807, 2.05) is 0 Å². The Morgan fingerprint density at radius 2 is 1.94 bits per heavy atom.